The molecule has 1 spiro atoms. The molecule has 0 radical (unpaired) electrons. The molecule has 0 aromatic rings. The summed E-state index contributed by atoms with van der Waals surface area (Å²) >= 11 is 0. The van der Waals surface area contributed by atoms with E-state index >= 15 is 0 Å². The molecule has 2 aliphatic heterocycles. The van der Waals surface area contributed by atoms with Crippen LogP contribution in [0, 0.1) is 5.41 Å². The fourth-order valence-electron chi connectivity index (χ4n) is 2.34. The van der Waals surface area contributed by atoms with E-state index in [9.17, 15) is 18.0 Å². The fraction of sp³-hybridized carbons (Fsp3) is 0.875. The van der Waals surface area contributed by atoms with Crippen LogP contribution >= 0.6 is 0 Å². The van der Waals surface area contributed by atoms with Crippen molar-refractivity contribution >= 4 is 6.03 Å². The Balaban J connectivity index is 2.05. The quantitative estimate of drug-likeness (QED) is 0.671. The van der Waals surface area contributed by atoms with E-state index in [0.717, 1.165) is 4.90 Å². The maximum Gasteiger partial charge on any atom is 0.391 e. The zero-order valence-electron chi connectivity index (χ0n) is 7.97. The highest BCUT2D eigenvalue weighted by molar-refractivity contribution is 5.74. The van der Waals surface area contributed by atoms with Crippen LogP contribution in [0.1, 0.15) is 6.42 Å². The van der Waals surface area contributed by atoms with E-state index in [1.54, 1.807) is 0 Å². The minimum absolute atomic E-state index is 0.343. The van der Waals surface area contributed by atoms with Crippen molar-refractivity contribution in [3.63, 3.8) is 0 Å². The Morgan fingerprint density at radius 1 is 1.53 bits per heavy atom. The minimum Gasteiger partial charge on any atom is -0.351 e. The summed E-state index contributed by atoms with van der Waals surface area (Å²) in [6.45, 7) is 1.42. The topological polar surface area (TPSA) is 58.4 Å². The molecule has 7 heteroatoms. The average molecular weight is 223 g/mol. The van der Waals surface area contributed by atoms with Gasteiger partial charge in [-0.15, -0.1) is 0 Å². The number of nitrogens with zero attached hydrogens (tertiary/aromatic N) is 1. The molecule has 2 rings (SSSR count). The molecule has 0 bridgehead atoms. The van der Waals surface area contributed by atoms with Crippen LogP contribution in [0.5, 0.6) is 0 Å². The molecule has 1 unspecified atom stereocenters. The average Bonchev–Trinajstić information content (AvgIpc) is 1.93. The molecule has 0 saturated carbocycles. The van der Waals surface area contributed by atoms with Crippen molar-refractivity contribution < 1.29 is 18.0 Å². The van der Waals surface area contributed by atoms with Gasteiger partial charge in [0, 0.05) is 25.0 Å². The number of halogens is 3. The molecule has 1 atom stereocenters. The summed E-state index contributed by atoms with van der Waals surface area (Å²) in [6.07, 6.45) is -5.21. The van der Waals surface area contributed by atoms with Gasteiger partial charge in [-0.2, -0.15) is 13.2 Å². The van der Waals surface area contributed by atoms with E-state index in [0.29, 0.717) is 19.6 Å². The van der Waals surface area contributed by atoms with Gasteiger partial charge in [-0.3, -0.25) is 0 Å². The molecule has 0 aromatic carbocycles. The number of primary amides is 1. The summed E-state index contributed by atoms with van der Waals surface area (Å²) in [5, 5.41) is 2.93. The number of amides is 2. The summed E-state index contributed by atoms with van der Waals surface area (Å²) < 4.78 is 36.8. The second-order valence-electron chi connectivity index (χ2n) is 4.27. The van der Waals surface area contributed by atoms with E-state index < -0.39 is 24.7 Å². The van der Waals surface area contributed by atoms with Crippen molar-refractivity contribution in [2.45, 2.75) is 18.6 Å². The van der Waals surface area contributed by atoms with Crippen LogP contribution in [0.15, 0.2) is 0 Å². The molecular weight excluding hydrogens is 211 g/mol. The number of carbonyl (C=O) groups is 1. The highest BCUT2D eigenvalue weighted by Gasteiger charge is 2.59. The van der Waals surface area contributed by atoms with Crippen molar-refractivity contribution in [1.29, 1.82) is 0 Å². The molecule has 2 fully saturated rings. The number of alkyl halides is 3. The van der Waals surface area contributed by atoms with Gasteiger partial charge in [-0.05, 0) is 0 Å². The molecule has 3 N–H and O–H groups in total. The number of hydrogen-bond donors (Lipinski definition) is 2. The van der Waals surface area contributed by atoms with E-state index in [1.807, 2.05) is 0 Å². The lowest BCUT2D eigenvalue weighted by atomic mass is 9.66. The molecule has 2 amide bonds. The molecule has 4 nitrogen and oxygen atoms in total. The largest absolute Gasteiger partial charge is 0.391 e. The van der Waals surface area contributed by atoms with Gasteiger partial charge < -0.3 is 16.0 Å². The van der Waals surface area contributed by atoms with Gasteiger partial charge in [0.2, 0.25) is 0 Å². The van der Waals surface area contributed by atoms with Gasteiger partial charge in [0.05, 0.1) is 12.5 Å². The van der Waals surface area contributed by atoms with Crippen molar-refractivity contribution in [3.8, 4) is 0 Å². The summed E-state index contributed by atoms with van der Waals surface area (Å²) in [4.78, 5) is 12.0. The zero-order valence-corrected chi connectivity index (χ0v) is 7.97. The van der Waals surface area contributed by atoms with Crippen molar-refractivity contribution in [2.75, 3.05) is 19.6 Å². The summed E-state index contributed by atoms with van der Waals surface area (Å²) in [5.74, 6) is 0. The zero-order chi connectivity index (χ0) is 11.3. The van der Waals surface area contributed by atoms with E-state index in [2.05, 4.69) is 5.32 Å². The Kier molecular flexibility index (Phi) is 2.11. The Morgan fingerprint density at radius 2 is 2.13 bits per heavy atom. The number of urea groups is 1. The summed E-state index contributed by atoms with van der Waals surface area (Å²) in [6, 6.07) is -1.54. The lowest BCUT2D eigenvalue weighted by Gasteiger charge is -2.61. The van der Waals surface area contributed by atoms with Crippen LogP contribution in [0.25, 0.3) is 0 Å². The molecule has 86 valence electrons. The van der Waals surface area contributed by atoms with Gasteiger partial charge in [-0.1, -0.05) is 0 Å². The van der Waals surface area contributed by atoms with Crippen LogP contribution in [0.2, 0.25) is 0 Å². The third-order valence-corrected chi connectivity index (χ3v) is 3.23. The second kappa shape index (κ2) is 3.01. The molecule has 0 aromatic heterocycles. The first kappa shape index (κ1) is 10.5. The Labute approximate surface area is 84.6 Å². The first-order valence-corrected chi connectivity index (χ1v) is 4.68. The smallest absolute Gasteiger partial charge is 0.351 e. The lowest BCUT2D eigenvalue weighted by molar-refractivity contribution is -0.184. The number of hydrogen-bond acceptors (Lipinski definition) is 2. The number of carbonyl (C=O) groups excluding carboxylic acids is 1. The number of likely N-dealkylation sites (tertiary alicyclic amines) is 1. The van der Waals surface area contributed by atoms with Gasteiger partial charge in [-0.25, -0.2) is 4.79 Å². The molecule has 2 aliphatic rings. The third kappa shape index (κ3) is 1.64. The first-order valence-electron chi connectivity index (χ1n) is 4.68. The molecule has 2 saturated heterocycles. The standard InChI is InChI=1S/C8H12F3N3O/c9-8(10,11)1-5-7(2-13-3-7)4-14(5)6(12)15/h5,13H,1-4H2,(H2,12,15). The minimum atomic E-state index is -4.25. The van der Waals surface area contributed by atoms with Crippen molar-refractivity contribution in [2.24, 2.45) is 11.1 Å². The van der Waals surface area contributed by atoms with Crippen molar-refractivity contribution in [1.82, 2.24) is 10.2 Å². The maximum absolute atomic E-state index is 12.3. The second-order valence-corrected chi connectivity index (χ2v) is 4.27. The summed E-state index contributed by atoms with van der Waals surface area (Å²) in [5.41, 5.74) is 4.62. The SMILES string of the molecule is NC(=O)N1CC2(CNC2)C1CC(F)(F)F. The Morgan fingerprint density at radius 3 is 2.47 bits per heavy atom. The molecule has 2 heterocycles. The van der Waals surface area contributed by atoms with Gasteiger partial charge in [0.1, 0.15) is 0 Å². The first-order chi connectivity index (χ1) is 6.84. The van der Waals surface area contributed by atoms with Crippen LogP contribution in [0.4, 0.5) is 18.0 Å². The number of nitrogens with one attached hydrogen (secondary N) is 1. The number of nitrogens with two attached hydrogens (primary N) is 1. The molecular formula is C8H12F3N3O. The molecule has 15 heavy (non-hydrogen) atoms. The monoisotopic (exact) mass is 223 g/mol. The normalized spacial score (nSPS) is 28.5. The van der Waals surface area contributed by atoms with Crippen LogP contribution < -0.4 is 11.1 Å². The summed E-state index contributed by atoms with van der Waals surface area (Å²) in [7, 11) is 0. The van der Waals surface area contributed by atoms with E-state index in [4.69, 9.17) is 5.73 Å². The number of rotatable bonds is 1. The van der Waals surface area contributed by atoms with Crippen LogP contribution in [-0.2, 0) is 0 Å². The predicted octanol–water partition coefficient (Wildman–Crippen LogP) is 0.291. The third-order valence-electron chi connectivity index (χ3n) is 3.23. The maximum atomic E-state index is 12.3. The van der Waals surface area contributed by atoms with E-state index in [1.165, 1.54) is 0 Å². The van der Waals surface area contributed by atoms with Gasteiger partial charge in [0.25, 0.3) is 0 Å². The van der Waals surface area contributed by atoms with Gasteiger partial charge in [0.15, 0.2) is 0 Å². The lowest BCUT2D eigenvalue weighted by Crippen LogP contribution is -2.78. The highest BCUT2D eigenvalue weighted by atomic mass is 19.4. The van der Waals surface area contributed by atoms with Crippen molar-refractivity contribution in [3.05, 3.63) is 0 Å². The predicted molar refractivity (Wildman–Crippen MR) is 46.1 cm³/mol. The van der Waals surface area contributed by atoms with Crippen LogP contribution in [-0.4, -0.2) is 42.8 Å². The van der Waals surface area contributed by atoms with Gasteiger partial charge >= 0.3 is 12.2 Å². The fourth-order valence-corrected chi connectivity index (χ4v) is 2.34. The Hall–Kier alpha value is -0.980. The van der Waals surface area contributed by atoms with E-state index in [-0.39, 0.29) is 5.41 Å². The Bertz CT molecular complexity index is 287. The highest BCUT2D eigenvalue weighted by Crippen LogP contribution is 2.45. The van der Waals surface area contributed by atoms with Crippen LogP contribution in [0.3, 0.4) is 0 Å². The molecule has 0 aliphatic carbocycles.